The number of unbranched alkanes of at least 4 members (excludes halogenated alkanes) is 29. The van der Waals surface area contributed by atoms with Gasteiger partial charge in [0.05, 0.1) is 0 Å². The number of carbonyl (C=O) groups is 3. The molecule has 6 nitrogen and oxygen atoms in total. The predicted molar refractivity (Wildman–Crippen MR) is 293 cm³/mol. The minimum atomic E-state index is -0.787. The van der Waals surface area contributed by atoms with Crippen molar-refractivity contribution in [3.63, 3.8) is 0 Å². The molecule has 6 heteroatoms. The lowest BCUT2D eigenvalue weighted by atomic mass is 10.1. The Hall–Kier alpha value is -3.15. The number of carbonyl (C=O) groups excluding carboxylic acids is 3. The number of hydrogen-bond donors (Lipinski definition) is 0. The van der Waals surface area contributed by atoms with E-state index in [1.807, 2.05) is 0 Å². The second kappa shape index (κ2) is 56.4. The SMILES string of the molecule is CC/C=C\C/C=C\C/C=C\CCCCCCCCC(=O)OCC(COC(=O)CCCCCCCCC/C=C\C/C=C\CCCCC)OC(=O)CCCCCCCCC/C=C\CCCCCCCC. The van der Waals surface area contributed by atoms with Crippen LogP contribution in [0.2, 0.25) is 0 Å². The summed E-state index contributed by atoms with van der Waals surface area (Å²) in [6.07, 6.45) is 71.7. The molecule has 0 saturated heterocycles. The summed E-state index contributed by atoms with van der Waals surface area (Å²) in [5.74, 6) is -0.901. The summed E-state index contributed by atoms with van der Waals surface area (Å²) in [5.41, 5.74) is 0. The molecule has 68 heavy (non-hydrogen) atoms. The van der Waals surface area contributed by atoms with Crippen molar-refractivity contribution in [2.45, 2.75) is 290 Å². The van der Waals surface area contributed by atoms with Gasteiger partial charge in [0, 0.05) is 19.3 Å². The quantitative estimate of drug-likeness (QED) is 0.0262. The van der Waals surface area contributed by atoms with Gasteiger partial charge in [-0.2, -0.15) is 0 Å². The molecule has 0 aliphatic heterocycles. The van der Waals surface area contributed by atoms with Gasteiger partial charge in [-0.3, -0.25) is 14.4 Å². The monoisotopic (exact) mass is 949 g/mol. The molecule has 0 bridgehead atoms. The molecule has 0 spiro atoms. The lowest BCUT2D eigenvalue weighted by molar-refractivity contribution is -0.167. The topological polar surface area (TPSA) is 78.9 Å². The molecule has 392 valence electrons. The van der Waals surface area contributed by atoms with E-state index in [9.17, 15) is 14.4 Å². The fraction of sp³-hybridized carbons (Fsp3) is 0.758. The first-order valence-electron chi connectivity index (χ1n) is 28.9. The molecule has 0 aromatic rings. The Morgan fingerprint density at radius 2 is 0.574 bits per heavy atom. The van der Waals surface area contributed by atoms with Gasteiger partial charge in [0.25, 0.3) is 0 Å². The highest BCUT2D eigenvalue weighted by atomic mass is 16.6. The Kier molecular flexibility index (Phi) is 53.8. The fourth-order valence-corrected chi connectivity index (χ4v) is 8.07. The summed E-state index contributed by atoms with van der Waals surface area (Å²) in [7, 11) is 0. The summed E-state index contributed by atoms with van der Waals surface area (Å²) in [6, 6.07) is 0. The fourth-order valence-electron chi connectivity index (χ4n) is 8.07. The van der Waals surface area contributed by atoms with Gasteiger partial charge in [0.2, 0.25) is 0 Å². The Bertz CT molecular complexity index is 1270. The van der Waals surface area contributed by atoms with Crippen molar-refractivity contribution in [1.82, 2.24) is 0 Å². The normalized spacial score (nSPS) is 12.6. The van der Waals surface area contributed by atoms with E-state index in [0.717, 1.165) is 96.3 Å². The summed E-state index contributed by atoms with van der Waals surface area (Å²) in [4.78, 5) is 38.2. The van der Waals surface area contributed by atoms with Crippen LogP contribution in [0.15, 0.2) is 72.9 Å². The van der Waals surface area contributed by atoms with E-state index in [1.54, 1.807) is 0 Å². The van der Waals surface area contributed by atoms with Crippen molar-refractivity contribution in [3.05, 3.63) is 72.9 Å². The maximum absolute atomic E-state index is 12.9. The van der Waals surface area contributed by atoms with Crippen LogP contribution >= 0.6 is 0 Å². The largest absolute Gasteiger partial charge is 0.462 e. The average Bonchev–Trinajstić information content (AvgIpc) is 3.34. The van der Waals surface area contributed by atoms with Crippen LogP contribution in [-0.2, 0) is 28.6 Å². The van der Waals surface area contributed by atoms with Crippen LogP contribution in [0.4, 0.5) is 0 Å². The van der Waals surface area contributed by atoms with Gasteiger partial charge >= 0.3 is 17.9 Å². The Labute approximate surface area is 421 Å². The van der Waals surface area contributed by atoms with Crippen LogP contribution in [0, 0.1) is 0 Å². The van der Waals surface area contributed by atoms with E-state index in [0.29, 0.717) is 19.3 Å². The lowest BCUT2D eigenvalue weighted by Crippen LogP contribution is -2.30. The van der Waals surface area contributed by atoms with Crippen LogP contribution in [0.5, 0.6) is 0 Å². The standard InChI is InChI=1S/C62H108O6/c1-4-7-10-13-16-19-22-25-28-31-34-37-40-43-46-49-52-55-61(64)67-58-59(57-66-60(63)54-51-48-45-42-39-36-33-30-27-24-21-18-15-12-9-6-3)68-62(65)56-53-50-47-44-41-38-35-32-29-26-23-20-17-14-11-8-5-2/h9,12,16,18-19,21,25-30,59H,4-8,10-11,13-15,17,20,22-24,31-58H2,1-3H3/b12-9-,19-16-,21-18-,28-25-,29-26-,30-27-. The zero-order valence-electron chi connectivity index (χ0n) is 44.9. The van der Waals surface area contributed by atoms with Crippen molar-refractivity contribution in [2.24, 2.45) is 0 Å². The zero-order chi connectivity index (χ0) is 49.3. The molecule has 0 aromatic heterocycles. The van der Waals surface area contributed by atoms with E-state index < -0.39 is 6.10 Å². The molecule has 0 rings (SSSR count). The van der Waals surface area contributed by atoms with Gasteiger partial charge in [0.1, 0.15) is 13.2 Å². The van der Waals surface area contributed by atoms with E-state index in [-0.39, 0.29) is 31.1 Å². The number of hydrogen-bond acceptors (Lipinski definition) is 6. The third-order valence-electron chi connectivity index (χ3n) is 12.4. The molecule has 0 aromatic carbocycles. The van der Waals surface area contributed by atoms with Crippen molar-refractivity contribution in [1.29, 1.82) is 0 Å². The molecule has 0 aliphatic rings. The van der Waals surface area contributed by atoms with Crippen LogP contribution < -0.4 is 0 Å². The van der Waals surface area contributed by atoms with E-state index in [4.69, 9.17) is 14.2 Å². The molecule has 0 heterocycles. The number of ether oxygens (including phenoxy) is 3. The number of esters is 3. The van der Waals surface area contributed by atoms with Crippen LogP contribution in [0.1, 0.15) is 284 Å². The predicted octanol–water partition coefficient (Wildman–Crippen LogP) is 19.4. The van der Waals surface area contributed by atoms with Crippen molar-refractivity contribution < 1.29 is 28.6 Å². The molecule has 0 fully saturated rings. The maximum Gasteiger partial charge on any atom is 0.306 e. The van der Waals surface area contributed by atoms with E-state index in [1.165, 1.54) is 148 Å². The highest BCUT2D eigenvalue weighted by Crippen LogP contribution is 2.15. The van der Waals surface area contributed by atoms with Gasteiger partial charge < -0.3 is 14.2 Å². The first-order chi connectivity index (χ1) is 33.5. The van der Waals surface area contributed by atoms with Crippen LogP contribution in [0.3, 0.4) is 0 Å². The summed E-state index contributed by atoms with van der Waals surface area (Å²) < 4.78 is 16.9. The summed E-state index contributed by atoms with van der Waals surface area (Å²) in [6.45, 7) is 6.50. The molecule has 0 N–H and O–H groups in total. The number of rotatable bonds is 52. The lowest BCUT2D eigenvalue weighted by Gasteiger charge is -2.18. The smallest absolute Gasteiger partial charge is 0.306 e. The van der Waals surface area contributed by atoms with Gasteiger partial charge in [-0.15, -0.1) is 0 Å². The highest BCUT2D eigenvalue weighted by Gasteiger charge is 2.19. The minimum absolute atomic E-state index is 0.0850. The molecule has 0 saturated carbocycles. The first-order valence-corrected chi connectivity index (χ1v) is 28.9. The first kappa shape index (κ1) is 64.8. The van der Waals surface area contributed by atoms with E-state index >= 15 is 0 Å². The molecule has 0 aliphatic carbocycles. The number of allylic oxidation sites excluding steroid dienone is 12. The van der Waals surface area contributed by atoms with Crippen LogP contribution in [-0.4, -0.2) is 37.2 Å². The molecule has 1 unspecified atom stereocenters. The third kappa shape index (κ3) is 53.8. The molecule has 0 radical (unpaired) electrons. The van der Waals surface area contributed by atoms with Gasteiger partial charge in [-0.05, 0) is 109 Å². The highest BCUT2D eigenvalue weighted by molar-refractivity contribution is 5.71. The van der Waals surface area contributed by atoms with Gasteiger partial charge in [0.15, 0.2) is 6.10 Å². The van der Waals surface area contributed by atoms with Gasteiger partial charge in [-0.1, -0.05) is 229 Å². The van der Waals surface area contributed by atoms with Crippen molar-refractivity contribution >= 4 is 17.9 Å². The molecular formula is C62H108O6. The average molecular weight is 950 g/mol. The Morgan fingerprint density at radius 1 is 0.309 bits per heavy atom. The molecule has 1 atom stereocenters. The third-order valence-corrected chi connectivity index (χ3v) is 12.4. The van der Waals surface area contributed by atoms with Gasteiger partial charge in [-0.25, -0.2) is 0 Å². The maximum atomic E-state index is 12.9. The molecule has 0 amide bonds. The summed E-state index contributed by atoms with van der Waals surface area (Å²) in [5, 5.41) is 0. The second-order valence-corrected chi connectivity index (χ2v) is 19.2. The minimum Gasteiger partial charge on any atom is -0.462 e. The van der Waals surface area contributed by atoms with Crippen molar-refractivity contribution in [2.75, 3.05) is 13.2 Å². The van der Waals surface area contributed by atoms with Crippen molar-refractivity contribution in [3.8, 4) is 0 Å². The zero-order valence-corrected chi connectivity index (χ0v) is 44.9. The second-order valence-electron chi connectivity index (χ2n) is 19.2. The summed E-state index contributed by atoms with van der Waals surface area (Å²) >= 11 is 0. The molecular weight excluding hydrogens is 841 g/mol. The Balaban J connectivity index is 4.41. The van der Waals surface area contributed by atoms with E-state index in [2.05, 4.69) is 93.7 Å². The Morgan fingerprint density at radius 3 is 0.941 bits per heavy atom. The van der Waals surface area contributed by atoms with Crippen LogP contribution in [0.25, 0.3) is 0 Å².